The summed E-state index contributed by atoms with van der Waals surface area (Å²) in [6.07, 6.45) is 0.0783. The summed E-state index contributed by atoms with van der Waals surface area (Å²) in [6.45, 7) is 4.05. The molecule has 0 fully saturated rings. The third-order valence-corrected chi connectivity index (χ3v) is 1.36. The molecule has 4 heteroatoms. The van der Waals surface area contributed by atoms with Crippen molar-refractivity contribution >= 4 is 17.5 Å². The van der Waals surface area contributed by atoms with Crippen LogP contribution >= 0.6 is 0 Å². The zero-order chi connectivity index (χ0) is 9.72. The molecule has 0 rings (SSSR count). The zero-order valence-electron chi connectivity index (χ0n) is 7.51. The predicted octanol–water partition coefficient (Wildman–Crippen LogP) is 0.0592. The van der Waals surface area contributed by atoms with Crippen LogP contribution in [-0.4, -0.2) is 23.5 Å². The third-order valence-electron chi connectivity index (χ3n) is 1.36. The van der Waals surface area contributed by atoms with Gasteiger partial charge in [-0.2, -0.15) is 0 Å². The minimum Gasteiger partial charge on any atom is -0.346 e. The minimum atomic E-state index is -0.653. The second-order valence-electron chi connectivity index (χ2n) is 2.77. The Morgan fingerprint density at radius 1 is 1.17 bits per heavy atom. The van der Waals surface area contributed by atoms with Crippen molar-refractivity contribution in [1.82, 2.24) is 5.32 Å². The minimum absolute atomic E-state index is 0.0783. The van der Waals surface area contributed by atoms with Crippen LogP contribution in [0.1, 0.15) is 27.2 Å². The van der Waals surface area contributed by atoms with Crippen molar-refractivity contribution < 1.29 is 14.4 Å². The van der Waals surface area contributed by atoms with Crippen LogP contribution < -0.4 is 5.32 Å². The fraction of sp³-hybridized carbons (Fsp3) is 0.625. The van der Waals surface area contributed by atoms with Crippen molar-refractivity contribution in [3.63, 3.8) is 0 Å². The average molecular weight is 171 g/mol. The van der Waals surface area contributed by atoms with Crippen LogP contribution in [0, 0.1) is 0 Å². The number of carbonyl (C=O) groups excluding carboxylic acids is 3. The molecule has 68 valence electrons. The van der Waals surface area contributed by atoms with Gasteiger partial charge in [0.15, 0.2) is 5.78 Å². The maximum absolute atomic E-state index is 10.8. The molecule has 0 radical (unpaired) electrons. The van der Waals surface area contributed by atoms with Gasteiger partial charge in [0.05, 0.1) is 6.04 Å². The summed E-state index contributed by atoms with van der Waals surface area (Å²) in [6, 6.07) is -0.653. The molecule has 0 heterocycles. The highest BCUT2D eigenvalue weighted by Gasteiger charge is 2.16. The number of hydrogen-bond acceptors (Lipinski definition) is 3. The smallest absolute Gasteiger partial charge is 0.217 e. The lowest BCUT2D eigenvalue weighted by atomic mass is 10.1. The lowest BCUT2D eigenvalue weighted by Crippen LogP contribution is -2.39. The molecule has 0 aromatic rings. The monoisotopic (exact) mass is 171 g/mol. The lowest BCUT2D eigenvalue weighted by molar-refractivity contribution is -0.127. The van der Waals surface area contributed by atoms with Crippen LogP contribution in [0.15, 0.2) is 0 Å². The SMILES string of the molecule is CC(=O)CC(NC(C)=O)C(C)=O. The van der Waals surface area contributed by atoms with Crippen molar-refractivity contribution in [2.24, 2.45) is 0 Å². The second-order valence-corrected chi connectivity index (χ2v) is 2.77. The van der Waals surface area contributed by atoms with E-state index in [0.717, 1.165) is 0 Å². The molecule has 0 aliphatic rings. The molecule has 0 aliphatic heterocycles. The first-order chi connectivity index (χ1) is 5.43. The van der Waals surface area contributed by atoms with Crippen molar-refractivity contribution in [3.8, 4) is 0 Å². The van der Waals surface area contributed by atoms with E-state index in [-0.39, 0.29) is 23.9 Å². The van der Waals surface area contributed by atoms with Crippen LogP contribution in [0.25, 0.3) is 0 Å². The number of Topliss-reactive ketones (excluding diaryl/α,β-unsaturated/α-hetero) is 2. The van der Waals surface area contributed by atoms with Gasteiger partial charge in [0, 0.05) is 13.3 Å². The highest BCUT2D eigenvalue weighted by atomic mass is 16.2. The van der Waals surface area contributed by atoms with Crippen LogP contribution in [0.2, 0.25) is 0 Å². The van der Waals surface area contributed by atoms with Crippen molar-refractivity contribution in [1.29, 1.82) is 0 Å². The molecule has 0 saturated heterocycles. The van der Waals surface area contributed by atoms with E-state index in [2.05, 4.69) is 5.32 Å². The van der Waals surface area contributed by atoms with Crippen molar-refractivity contribution in [2.75, 3.05) is 0 Å². The quantitative estimate of drug-likeness (QED) is 0.650. The number of amides is 1. The Morgan fingerprint density at radius 2 is 1.67 bits per heavy atom. The highest BCUT2D eigenvalue weighted by Crippen LogP contribution is 1.94. The topological polar surface area (TPSA) is 63.2 Å². The number of rotatable bonds is 4. The van der Waals surface area contributed by atoms with E-state index < -0.39 is 6.04 Å². The molecule has 1 unspecified atom stereocenters. The summed E-state index contributed by atoms with van der Waals surface area (Å²) in [4.78, 5) is 32.1. The largest absolute Gasteiger partial charge is 0.346 e. The number of hydrogen-bond donors (Lipinski definition) is 1. The van der Waals surface area contributed by atoms with Crippen LogP contribution in [0.3, 0.4) is 0 Å². The number of carbonyl (C=O) groups is 3. The Bertz CT molecular complexity index is 194. The summed E-state index contributed by atoms with van der Waals surface area (Å²) in [5.74, 6) is -0.596. The van der Waals surface area contributed by atoms with E-state index in [1.807, 2.05) is 0 Å². The van der Waals surface area contributed by atoms with Crippen LogP contribution in [0.5, 0.6) is 0 Å². The van der Waals surface area contributed by atoms with Gasteiger partial charge in [0.25, 0.3) is 0 Å². The van der Waals surface area contributed by atoms with Crippen molar-refractivity contribution in [3.05, 3.63) is 0 Å². The Kier molecular flexibility index (Phi) is 4.18. The Labute approximate surface area is 71.3 Å². The molecule has 4 nitrogen and oxygen atoms in total. The average Bonchev–Trinajstić information content (AvgIpc) is 1.83. The van der Waals surface area contributed by atoms with Gasteiger partial charge in [0.1, 0.15) is 5.78 Å². The molecule has 0 aliphatic carbocycles. The fourth-order valence-electron chi connectivity index (χ4n) is 0.829. The first kappa shape index (κ1) is 10.8. The van der Waals surface area contributed by atoms with Gasteiger partial charge in [-0.05, 0) is 13.8 Å². The Morgan fingerprint density at radius 3 is 1.92 bits per heavy atom. The second kappa shape index (κ2) is 4.64. The molecule has 1 atom stereocenters. The molecule has 0 aromatic heterocycles. The molecule has 12 heavy (non-hydrogen) atoms. The van der Waals surface area contributed by atoms with Gasteiger partial charge < -0.3 is 5.32 Å². The van der Waals surface area contributed by atoms with E-state index in [1.54, 1.807) is 0 Å². The third kappa shape index (κ3) is 4.60. The van der Waals surface area contributed by atoms with E-state index in [0.29, 0.717) is 0 Å². The summed E-state index contributed by atoms with van der Waals surface area (Å²) >= 11 is 0. The van der Waals surface area contributed by atoms with Crippen molar-refractivity contribution in [2.45, 2.75) is 33.2 Å². The molecule has 1 amide bonds. The van der Waals surface area contributed by atoms with E-state index in [9.17, 15) is 14.4 Å². The summed E-state index contributed by atoms with van der Waals surface area (Å²) in [7, 11) is 0. The molecule has 0 saturated carbocycles. The lowest BCUT2D eigenvalue weighted by Gasteiger charge is -2.11. The van der Waals surface area contributed by atoms with E-state index in [1.165, 1.54) is 20.8 Å². The van der Waals surface area contributed by atoms with Crippen LogP contribution in [0.4, 0.5) is 0 Å². The van der Waals surface area contributed by atoms with Crippen LogP contribution in [-0.2, 0) is 14.4 Å². The van der Waals surface area contributed by atoms with Gasteiger partial charge in [-0.1, -0.05) is 0 Å². The van der Waals surface area contributed by atoms with E-state index >= 15 is 0 Å². The van der Waals surface area contributed by atoms with Gasteiger partial charge in [-0.15, -0.1) is 0 Å². The zero-order valence-corrected chi connectivity index (χ0v) is 7.51. The fourth-order valence-corrected chi connectivity index (χ4v) is 0.829. The molecule has 0 spiro atoms. The maximum Gasteiger partial charge on any atom is 0.217 e. The molecular weight excluding hydrogens is 158 g/mol. The number of nitrogens with one attached hydrogen (secondary N) is 1. The molecule has 0 bridgehead atoms. The van der Waals surface area contributed by atoms with Gasteiger partial charge >= 0.3 is 0 Å². The summed E-state index contributed by atoms with van der Waals surface area (Å²) in [5, 5.41) is 2.40. The number of ketones is 2. The molecule has 1 N–H and O–H groups in total. The summed E-state index contributed by atoms with van der Waals surface area (Å²) in [5.41, 5.74) is 0. The Balaban J connectivity index is 4.14. The normalized spacial score (nSPS) is 11.9. The highest BCUT2D eigenvalue weighted by molar-refractivity contribution is 5.91. The Hall–Kier alpha value is -1.19. The predicted molar refractivity (Wildman–Crippen MR) is 43.6 cm³/mol. The first-order valence-electron chi connectivity index (χ1n) is 3.70. The van der Waals surface area contributed by atoms with Gasteiger partial charge in [-0.3, -0.25) is 14.4 Å². The maximum atomic E-state index is 10.8. The van der Waals surface area contributed by atoms with E-state index in [4.69, 9.17) is 0 Å². The molecular formula is C8H13NO3. The first-order valence-corrected chi connectivity index (χ1v) is 3.70. The van der Waals surface area contributed by atoms with Gasteiger partial charge in [0.2, 0.25) is 5.91 Å². The molecule has 0 aromatic carbocycles. The summed E-state index contributed by atoms with van der Waals surface area (Å²) < 4.78 is 0. The standard InChI is InChI=1S/C8H13NO3/c1-5(10)4-8(6(2)11)9-7(3)12/h8H,4H2,1-3H3,(H,9,12). The van der Waals surface area contributed by atoms with Gasteiger partial charge in [-0.25, -0.2) is 0 Å².